The van der Waals surface area contributed by atoms with Gasteiger partial charge in [0.15, 0.2) is 0 Å². The lowest BCUT2D eigenvalue weighted by Gasteiger charge is -2.33. The molecule has 7 heteroatoms. The summed E-state index contributed by atoms with van der Waals surface area (Å²) in [5.74, 6) is 2.36. The second-order valence-corrected chi connectivity index (χ2v) is 9.77. The lowest BCUT2D eigenvalue weighted by Crippen LogP contribution is -2.30. The van der Waals surface area contributed by atoms with Crippen molar-refractivity contribution in [2.45, 2.75) is 69.9 Å². The average molecular weight is 439 g/mol. The van der Waals surface area contributed by atoms with Crippen molar-refractivity contribution in [3.8, 4) is 11.3 Å². The summed E-state index contributed by atoms with van der Waals surface area (Å²) in [6.07, 6.45) is 15.0. The maximum Gasteiger partial charge on any atom is 0.224 e. The molecule has 0 unspecified atom stereocenters. The molecular weight excluding hydrogens is 408 g/mol. The van der Waals surface area contributed by atoms with E-state index >= 15 is 0 Å². The van der Waals surface area contributed by atoms with Crippen LogP contribution in [-0.4, -0.2) is 32.0 Å². The number of pyridine rings is 1. The van der Waals surface area contributed by atoms with Gasteiger partial charge in [-0.25, -0.2) is 15.0 Å². The Labute approximate surface area is 188 Å². The average Bonchev–Trinajstić information content (AvgIpc) is 3.21. The van der Waals surface area contributed by atoms with Gasteiger partial charge in [0.25, 0.3) is 0 Å². The van der Waals surface area contributed by atoms with Crippen LogP contribution in [0, 0.1) is 11.8 Å². The third-order valence-electron chi connectivity index (χ3n) is 7.16. The zero-order valence-corrected chi connectivity index (χ0v) is 18.6. The summed E-state index contributed by atoms with van der Waals surface area (Å²) >= 11 is 6.35. The summed E-state index contributed by atoms with van der Waals surface area (Å²) < 4.78 is 0. The number of nitrogens with two attached hydrogens (primary N) is 1. The van der Waals surface area contributed by atoms with Gasteiger partial charge in [-0.05, 0) is 81.8 Å². The largest absolute Gasteiger partial charge is 0.351 e. The van der Waals surface area contributed by atoms with E-state index in [0.717, 1.165) is 34.1 Å². The van der Waals surface area contributed by atoms with Crippen molar-refractivity contribution < 1.29 is 0 Å². The normalized spacial score (nSPS) is 26.8. The third-order valence-corrected chi connectivity index (χ3v) is 7.35. The van der Waals surface area contributed by atoms with Crippen LogP contribution >= 0.6 is 11.6 Å². The number of nitrogens with zero attached hydrogens (tertiary/aromatic N) is 3. The van der Waals surface area contributed by atoms with E-state index < -0.39 is 0 Å². The minimum Gasteiger partial charge on any atom is -0.351 e. The van der Waals surface area contributed by atoms with Gasteiger partial charge >= 0.3 is 0 Å². The van der Waals surface area contributed by atoms with Crippen LogP contribution in [0.5, 0.6) is 0 Å². The number of rotatable bonds is 5. The van der Waals surface area contributed by atoms with Crippen molar-refractivity contribution in [1.29, 1.82) is 0 Å². The number of hydrogen-bond donors (Lipinski definition) is 3. The molecule has 2 fully saturated rings. The number of fused-ring (bicyclic) bond motifs is 1. The first-order chi connectivity index (χ1) is 15.1. The van der Waals surface area contributed by atoms with Crippen LogP contribution in [0.1, 0.15) is 57.8 Å². The van der Waals surface area contributed by atoms with Gasteiger partial charge in [0.2, 0.25) is 5.95 Å². The number of halogens is 1. The van der Waals surface area contributed by atoms with E-state index in [9.17, 15) is 0 Å². The van der Waals surface area contributed by atoms with Crippen molar-refractivity contribution in [2.24, 2.45) is 17.6 Å². The van der Waals surface area contributed by atoms with Crippen molar-refractivity contribution >= 4 is 28.6 Å². The van der Waals surface area contributed by atoms with E-state index in [2.05, 4.69) is 20.3 Å². The molecule has 4 N–H and O–H groups in total. The van der Waals surface area contributed by atoms with Gasteiger partial charge in [0, 0.05) is 41.5 Å². The molecule has 6 nitrogen and oxygen atoms in total. The highest BCUT2D eigenvalue weighted by molar-refractivity contribution is 6.29. The third kappa shape index (κ3) is 4.85. The van der Waals surface area contributed by atoms with Crippen LogP contribution in [-0.2, 0) is 0 Å². The fourth-order valence-corrected chi connectivity index (χ4v) is 5.59. The molecule has 3 aromatic rings. The van der Waals surface area contributed by atoms with Gasteiger partial charge in [0.1, 0.15) is 10.8 Å². The standard InChI is InChI=1S/C24H31ClN6/c25-22-13-21(20-14-28-23-19(20)2-1-11-27-23)30-24(31-22)29-18-9-5-16(6-10-18)12-15-3-7-17(26)8-4-15/h1-2,11,13-18H,3-10,12,26H2,(H,27,28)(H,29,30,31). The van der Waals surface area contributed by atoms with Gasteiger partial charge < -0.3 is 16.0 Å². The van der Waals surface area contributed by atoms with Crippen molar-refractivity contribution in [3.05, 3.63) is 35.7 Å². The lowest BCUT2D eigenvalue weighted by molar-refractivity contribution is 0.228. The van der Waals surface area contributed by atoms with Crippen LogP contribution in [0.25, 0.3) is 22.3 Å². The van der Waals surface area contributed by atoms with E-state index in [1.54, 1.807) is 6.20 Å². The number of H-pyrrole nitrogens is 1. The van der Waals surface area contributed by atoms with Crippen LogP contribution in [0.4, 0.5) is 5.95 Å². The lowest BCUT2D eigenvalue weighted by atomic mass is 9.76. The van der Waals surface area contributed by atoms with Crippen molar-refractivity contribution in [3.63, 3.8) is 0 Å². The Bertz CT molecular complexity index is 1020. The molecular formula is C24H31ClN6. The predicted molar refractivity (Wildman–Crippen MR) is 126 cm³/mol. The van der Waals surface area contributed by atoms with Gasteiger partial charge in [-0.15, -0.1) is 0 Å². The maximum atomic E-state index is 6.35. The number of hydrogen-bond acceptors (Lipinski definition) is 5. The minimum atomic E-state index is 0.409. The number of anilines is 1. The highest BCUT2D eigenvalue weighted by Crippen LogP contribution is 2.36. The molecule has 0 spiro atoms. The molecule has 2 aliphatic carbocycles. The fraction of sp³-hybridized carbons (Fsp3) is 0.542. The predicted octanol–water partition coefficient (Wildman–Crippen LogP) is 5.55. The number of aromatic amines is 1. The van der Waals surface area contributed by atoms with E-state index in [1.165, 1.54) is 57.8 Å². The molecule has 0 radical (unpaired) electrons. The number of nitrogens with one attached hydrogen (secondary N) is 2. The molecule has 31 heavy (non-hydrogen) atoms. The van der Waals surface area contributed by atoms with E-state index in [0.29, 0.717) is 23.2 Å². The van der Waals surface area contributed by atoms with E-state index in [1.807, 2.05) is 24.4 Å². The molecule has 2 aliphatic rings. The van der Waals surface area contributed by atoms with E-state index in [4.69, 9.17) is 22.3 Å². The van der Waals surface area contributed by atoms with Crippen LogP contribution in [0.2, 0.25) is 5.15 Å². The summed E-state index contributed by atoms with van der Waals surface area (Å²) in [4.78, 5) is 16.8. The Kier molecular flexibility index (Phi) is 6.10. The Morgan fingerprint density at radius 1 is 1.03 bits per heavy atom. The van der Waals surface area contributed by atoms with Crippen LogP contribution in [0.15, 0.2) is 30.6 Å². The molecule has 0 aliphatic heterocycles. The molecule has 164 valence electrons. The van der Waals surface area contributed by atoms with Gasteiger partial charge in [-0.1, -0.05) is 11.6 Å². The second kappa shape index (κ2) is 9.13. The zero-order valence-electron chi connectivity index (χ0n) is 17.9. The summed E-state index contributed by atoms with van der Waals surface area (Å²) in [5.41, 5.74) is 8.72. The van der Waals surface area contributed by atoms with Crippen molar-refractivity contribution in [2.75, 3.05) is 5.32 Å². The Hall–Kier alpha value is -2.18. The molecule has 3 heterocycles. The van der Waals surface area contributed by atoms with Gasteiger partial charge in [-0.3, -0.25) is 0 Å². The molecule has 0 atom stereocenters. The van der Waals surface area contributed by atoms with Crippen molar-refractivity contribution in [1.82, 2.24) is 19.9 Å². The van der Waals surface area contributed by atoms with Crippen LogP contribution < -0.4 is 11.1 Å². The first-order valence-corrected chi connectivity index (χ1v) is 12.0. The van der Waals surface area contributed by atoms with E-state index in [-0.39, 0.29) is 0 Å². The molecule has 2 saturated carbocycles. The molecule has 0 bridgehead atoms. The molecule has 0 aromatic carbocycles. The summed E-state index contributed by atoms with van der Waals surface area (Å²) in [5, 5.41) is 5.04. The maximum absolute atomic E-state index is 6.35. The molecule has 5 rings (SSSR count). The molecule has 0 saturated heterocycles. The highest BCUT2D eigenvalue weighted by atomic mass is 35.5. The van der Waals surface area contributed by atoms with Crippen LogP contribution in [0.3, 0.4) is 0 Å². The first-order valence-electron chi connectivity index (χ1n) is 11.6. The summed E-state index contributed by atoms with van der Waals surface area (Å²) in [7, 11) is 0. The SMILES string of the molecule is NC1CCC(CC2CCC(Nc3nc(Cl)cc(-c4c[nH]c5ncccc45)n3)CC2)CC1. The molecule has 3 aromatic heterocycles. The Morgan fingerprint density at radius 2 is 1.77 bits per heavy atom. The summed E-state index contributed by atoms with van der Waals surface area (Å²) in [6.45, 7) is 0. The first kappa shape index (κ1) is 20.7. The van der Waals surface area contributed by atoms with Gasteiger partial charge in [-0.2, -0.15) is 0 Å². The highest BCUT2D eigenvalue weighted by Gasteiger charge is 2.26. The number of aromatic nitrogens is 4. The van der Waals surface area contributed by atoms with Gasteiger partial charge in [0.05, 0.1) is 5.69 Å². The minimum absolute atomic E-state index is 0.409. The Morgan fingerprint density at radius 3 is 2.55 bits per heavy atom. The quantitative estimate of drug-likeness (QED) is 0.454. The fourth-order valence-electron chi connectivity index (χ4n) is 5.41. The summed E-state index contributed by atoms with van der Waals surface area (Å²) in [6, 6.07) is 6.64. The zero-order chi connectivity index (χ0) is 21.2. The molecule has 0 amide bonds. The second-order valence-electron chi connectivity index (χ2n) is 9.38. The smallest absolute Gasteiger partial charge is 0.224 e. The topological polar surface area (TPSA) is 92.5 Å². The Balaban J connectivity index is 1.21. The monoisotopic (exact) mass is 438 g/mol.